The van der Waals surface area contributed by atoms with E-state index < -0.39 is 0 Å². The van der Waals surface area contributed by atoms with Crippen molar-refractivity contribution in [3.05, 3.63) is 71.1 Å². The van der Waals surface area contributed by atoms with Gasteiger partial charge in [0.15, 0.2) is 0 Å². The van der Waals surface area contributed by atoms with E-state index in [2.05, 4.69) is 23.0 Å². The lowest BCUT2D eigenvalue weighted by Gasteiger charge is -2.12. The first-order valence-electron chi connectivity index (χ1n) is 8.56. The molecular formula is C21H18N2OS2. The van der Waals surface area contributed by atoms with Crippen molar-refractivity contribution in [3.63, 3.8) is 0 Å². The maximum atomic E-state index is 12.9. The predicted octanol–water partition coefficient (Wildman–Crippen LogP) is 5.73. The number of aromatic nitrogens is 2. The second-order valence-electron chi connectivity index (χ2n) is 5.95. The molecule has 0 saturated heterocycles. The number of hydrogen-bond acceptors (Lipinski definition) is 4. The summed E-state index contributed by atoms with van der Waals surface area (Å²) < 4.78 is 0. The maximum Gasteiger partial charge on any atom is 0.203 e. The zero-order valence-electron chi connectivity index (χ0n) is 14.4. The number of thioether (sulfide) groups is 1. The Morgan fingerprint density at radius 1 is 1.00 bits per heavy atom. The normalized spacial score (nSPS) is 11.3. The quantitative estimate of drug-likeness (QED) is 0.451. The summed E-state index contributed by atoms with van der Waals surface area (Å²) in [6, 6.07) is 15.7. The Bertz CT molecular complexity index is 1140. The van der Waals surface area contributed by atoms with Gasteiger partial charge in [-0.15, -0.1) is 11.8 Å². The van der Waals surface area contributed by atoms with Gasteiger partial charge < -0.3 is 4.98 Å². The molecule has 0 unspecified atom stereocenters. The van der Waals surface area contributed by atoms with Gasteiger partial charge in [-0.25, -0.2) is 0 Å². The van der Waals surface area contributed by atoms with E-state index in [4.69, 9.17) is 0 Å². The van der Waals surface area contributed by atoms with Crippen LogP contribution in [-0.4, -0.2) is 15.7 Å². The average molecular weight is 379 g/mol. The molecule has 4 aromatic rings. The summed E-state index contributed by atoms with van der Waals surface area (Å²) in [6.07, 6.45) is 4.84. The Labute approximate surface area is 160 Å². The monoisotopic (exact) mass is 378 g/mol. The summed E-state index contributed by atoms with van der Waals surface area (Å²) in [7, 11) is 0. The molecule has 130 valence electrons. The number of pyridine rings is 2. The number of rotatable bonds is 5. The summed E-state index contributed by atoms with van der Waals surface area (Å²) in [4.78, 5) is 23.7. The Morgan fingerprint density at radius 2 is 1.77 bits per heavy atom. The molecule has 0 aliphatic heterocycles. The number of hydrogen-bond donors (Lipinski definition) is 1. The van der Waals surface area contributed by atoms with Crippen molar-refractivity contribution in [1.29, 1.82) is 0 Å². The molecule has 0 atom stereocenters. The summed E-state index contributed by atoms with van der Waals surface area (Å²) in [5.74, 6) is 1.03. The largest absolute Gasteiger partial charge is 0.360 e. The highest BCUT2D eigenvalue weighted by Gasteiger charge is 2.14. The van der Waals surface area contributed by atoms with Crippen molar-refractivity contribution in [3.8, 4) is 0 Å². The molecule has 0 radical (unpaired) electrons. The van der Waals surface area contributed by atoms with Crippen LogP contribution in [0.2, 0.25) is 0 Å². The molecule has 0 aliphatic carbocycles. The highest BCUT2D eigenvalue weighted by Crippen LogP contribution is 2.39. The molecule has 0 fully saturated rings. The van der Waals surface area contributed by atoms with Crippen LogP contribution in [-0.2, 0) is 0 Å². The lowest BCUT2D eigenvalue weighted by atomic mass is 10.2. The van der Waals surface area contributed by atoms with Crippen molar-refractivity contribution in [1.82, 2.24) is 9.97 Å². The summed E-state index contributed by atoms with van der Waals surface area (Å²) >= 11 is 3.33. The highest BCUT2D eigenvalue weighted by atomic mass is 32.2. The van der Waals surface area contributed by atoms with E-state index in [0.29, 0.717) is 4.90 Å². The number of para-hydroxylation sites is 2. The van der Waals surface area contributed by atoms with E-state index in [9.17, 15) is 4.79 Å². The molecule has 2 aromatic heterocycles. The minimum absolute atomic E-state index is 0.0664. The third kappa shape index (κ3) is 3.24. The Morgan fingerprint density at radius 3 is 2.62 bits per heavy atom. The van der Waals surface area contributed by atoms with Gasteiger partial charge in [0.1, 0.15) is 0 Å². The van der Waals surface area contributed by atoms with Gasteiger partial charge in [0, 0.05) is 38.5 Å². The smallest absolute Gasteiger partial charge is 0.203 e. The average Bonchev–Trinajstić information content (AvgIpc) is 2.69. The van der Waals surface area contributed by atoms with Gasteiger partial charge in [0.25, 0.3) is 0 Å². The standard InChI is InChI=1S/C21H18N2OS2/c1-2-11-25-19-13-23-17-10-6-4-8-15(17)21(19)26-18-12-22-16-9-5-3-7-14(16)20(18)24/h3-10,12-13H,2,11H2,1H3,(H,22,24). The molecule has 0 bridgehead atoms. The third-order valence-corrected chi connectivity index (χ3v) is 6.65. The van der Waals surface area contributed by atoms with Crippen LogP contribution in [0, 0.1) is 0 Å². The first-order valence-corrected chi connectivity index (χ1v) is 10.4. The van der Waals surface area contributed by atoms with E-state index in [1.807, 2.05) is 54.9 Å². The summed E-state index contributed by atoms with van der Waals surface area (Å²) in [5.41, 5.74) is 1.88. The number of benzene rings is 2. The molecule has 4 rings (SSSR count). The van der Waals surface area contributed by atoms with Crippen LogP contribution >= 0.6 is 23.5 Å². The molecular weight excluding hydrogens is 360 g/mol. The Hall–Kier alpha value is -2.24. The molecule has 5 heteroatoms. The Kier molecular flexibility index (Phi) is 5.00. The second kappa shape index (κ2) is 7.56. The molecule has 0 spiro atoms. The van der Waals surface area contributed by atoms with Crippen LogP contribution in [0.15, 0.2) is 80.4 Å². The fourth-order valence-corrected chi connectivity index (χ4v) is 4.92. The van der Waals surface area contributed by atoms with Crippen molar-refractivity contribution in [2.45, 2.75) is 28.0 Å². The van der Waals surface area contributed by atoms with Crippen molar-refractivity contribution in [2.75, 3.05) is 5.75 Å². The fraction of sp³-hybridized carbons (Fsp3) is 0.143. The van der Waals surface area contributed by atoms with Gasteiger partial charge in [-0.2, -0.15) is 0 Å². The minimum Gasteiger partial charge on any atom is -0.360 e. The maximum absolute atomic E-state index is 12.9. The molecule has 26 heavy (non-hydrogen) atoms. The number of H-pyrrole nitrogens is 1. The Balaban J connectivity index is 1.86. The highest BCUT2D eigenvalue weighted by molar-refractivity contribution is 8.02. The van der Waals surface area contributed by atoms with Crippen LogP contribution in [0.4, 0.5) is 0 Å². The number of nitrogens with one attached hydrogen (secondary N) is 1. The summed E-state index contributed by atoms with van der Waals surface area (Å²) in [5, 5.41) is 1.81. The van der Waals surface area contributed by atoms with Gasteiger partial charge in [-0.1, -0.05) is 49.0 Å². The topological polar surface area (TPSA) is 45.8 Å². The number of nitrogens with zero attached hydrogens (tertiary/aromatic N) is 1. The lowest BCUT2D eigenvalue weighted by Crippen LogP contribution is -2.05. The van der Waals surface area contributed by atoms with E-state index in [1.54, 1.807) is 11.8 Å². The van der Waals surface area contributed by atoms with E-state index in [0.717, 1.165) is 43.8 Å². The van der Waals surface area contributed by atoms with Crippen LogP contribution in [0.5, 0.6) is 0 Å². The van der Waals surface area contributed by atoms with E-state index in [-0.39, 0.29) is 5.43 Å². The van der Waals surface area contributed by atoms with Crippen molar-refractivity contribution < 1.29 is 0 Å². The van der Waals surface area contributed by atoms with Crippen LogP contribution in [0.3, 0.4) is 0 Å². The van der Waals surface area contributed by atoms with Crippen molar-refractivity contribution >= 4 is 45.3 Å². The molecule has 2 aromatic carbocycles. The molecule has 1 N–H and O–H groups in total. The molecule has 2 heterocycles. The number of aromatic amines is 1. The van der Waals surface area contributed by atoms with Crippen molar-refractivity contribution in [2.24, 2.45) is 0 Å². The van der Waals surface area contributed by atoms with Gasteiger partial charge >= 0.3 is 0 Å². The molecule has 0 amide bonds. The molecule has 3 nitrogen and oxygen atoms in total. The first kappa shape index (κ1) is 17.2. The number of fused-ring (bicyclic) bond motifs is 2. The van der Waals surface area contributed by atoms with Gasteiger partial charge in [0.05, 0.1) is 10.4 Å². The second-order valence-corrected chi connectivity index (χ2v) is 8.14. The SMILES string of the molecule is CCCSc1cnc2ccccc2c1Sc1c[nH]c2ccccc2c1=O. The molecule has 0 aliphatic rings. The van der Waals surface area contributed by atoms with E-state index >= 15 is 0 Å². The zero-order valence-corrected chi connectivity index (χ0v) is 16.0. The van der Waals surface area contributed by atoms with Gasteiger partial charge in [-0.3, -0.25) is 9.78 Å². The van der Waals surface area contributed by atoms with Gasteiger partial charge in [0.2, 0.25) is 5.43 Å². The first-order chi connectivity index (χ1) is 12.8. The lowest BCUT2D eigenvalue weighted by molar-refractivity contribution is 1.09. The van der Waals surface area contributed by atoms with Crippen LogP contribution in [0.1, 0.15) is 13.3 Å². The fourth-order valence-electron chi connectivity index (χ4n) is 2.85. The van der Waals surface area contributed by atoms with Gasteiger partial charge in [-0.05, 0) is 30.4 Å². The van der Waals surface area contributed by atoms with E-state index in [1.165, 1.54) is 11.8 Å². The third-order valence-electron chi connectivity index (χ3n) is 4.12. The predicted molar refractivity (Wildman–Crippen MR) is 111 cm³/mol. The minimum atomic E-state index is 0.0664. The van der Waals surface area contributed by atoms with Crippen LogP contribution < -0.4 is 5.43 Å². The zero-order chi connectivity index (χ0) is 17.9. The summed E-state index contributed by atoms with van der Waals surface area (Å²) in [6.45, 7) is 2.17. The molecule has 0 saturated carbocycles. The van der Waals surface area contributed by atoms with Crippen LogP contribution in [0.25, 0.3) is 21.8 Å².